The molecular weight excluding hydrogens is 595 g/mol. The Labute approximate surface area is 245 Å². The molecule has 40 heavy (non-hydrogen) atoms. The van der Waals surface area contributed by atoms with Crippen molar-refractivity contribution in [1.82, 2.24) is 15.1 Å². The van der Waals surface area contributed by atoms with Crippen molar-refractivity contribution >= 4 is 45.3 Å². The van der Waals surface area contributed by atoms with E-state index in [2.05, 4.69) is 21.2 Å². The van der Waals surface area contributed by atoms with E-state index in [1.165, 1.54) is 17.0 Å². The Morgan fingerprint density at radius 1 is 0.975 bits per heavy atom. The largest absolute Gasteiger partial charge is 0.337 e. The monoisotopic (exact) mass is 618 g/mol. The number of carbonyl (C=O) groups is 2. The normalized spacial score (nSPS) is 16.6. The molecule has 0 bridgehead atoms. The maximum absolute atomic E-state index is 14.1. The molecule has 0 aromatic heterocycles. The van der Waals surface area contributed by atoms with Gasteiger partial charge in [0.15, 0.2) is 11.5 Å². The van der Waals surface area contributed by atoms with Crippen LogP contribution >= 0.6 is 27.5 Å². The predicted octanol–water partition coefficient (Wildman–Crippen LogP) is 6.32. The Morgan fingerprint density at radius 3 is 2.38 bits per heavy atom. The molecule has 2 amide bonds. The summed E-state index contributed by atoms with van der Waals surface area (Å²) in [5.74, 6) is -1.06. The van der Waals surface area contributed by atoms with Crippen molar-refractivity contribution in [2.45, 2.75) is 18.6 Å². The van der Waals surface area contributed by atoms with Crippen molar-refractivity contribution in [2.24, 2.45) is 0 Å². The van der Waals surface area contributed by atoms with Crippen LogP contribution in [0, 0.1) is 11.2 Å². The van der Waals surface area contributed by atoms with Gasteiger partial charge in [-0.3, -0.25) is 19.9 Å². The SMILES string of the molecule is CN(Cc1ccc(Cl)cc1)C(=O)c1cccc(CN2C(=N)NC(c3ccc(F)cc3)(c3cccc(Br)c3)C2=O)c1. The van der Waals surface area contributed by atoms with Gasteiger partial charge in [-0.25, -0.2) is 4.39 Å². The molecule has 0 saturated carbocycles. The Balaban J connectivity index is 1.42. The van der Waals surface area contributed by atoms with E-state index in [1.807, 2.05) is 30.3 Å². The van der Waals surface area contributed by atoms with E-state index in [0.29, 0.717) is 33.8 Å². The molecular formula is C31H25BrClFN4O2. The Hall–Kier alpha value is -4.01. The summed E-state index contributed by atoms with van der Waals surface area (Å²) < 4.78 is 14.6. The van der Waals surface area contributed by atoms with Gasteiger partial charge >= 0.3 is 0 Å². The molecule has 6 nitrogen and oxygen atoms in total. The number of hydrogen-bond donors (Lipinski definition) is 2. The minimum Gasteiger partial charge on any atom is -0.337 e. The lowest BCUT2D eigenvalue weighted by Gasteiger charge is -2.28. The summed E-state index contributed by atoms with van der Waals surface area (Å²) in [5.41, 5.74) is 1.81. The van der Waals surface area contributed by atoms with Gasteiger partial charge in [0.1, 0.15) is 5.82 Å². The van der Waals surface area contributed by atoms with Crippen molar-refractivity contribution in [3.8, 4) is 0 Å². The first-order valence-electron chi connectivity index (χ1n) is 12.5. The molecule has 5 rings (SSSR count). The zero-order valence-electron chi connectivity index (χ0n) is 21.5. The number of nitrogens with zero attached hydrogens (tertiary/aromatic N) is 2. The van der Waals surface area contributed by atoms with Crippen LogP contribution in [0.1, 0.15) is 32.6 Å². The molecule has 1 unspecified atom stereocenters. The lowest BCUT2D eigenvalue weighted by atomic mass is 9.82. The Bertz CT molecular complexity index is 1600. The van der Waals surface area contributed by atoms with Crippen LogP contribution in [-0.2, 0) is 23.4 Å². The summed E-state index contributed by atoms with van der Waals surface area (Å²) >= 11 is 9.44. The third-order valence-corrected chi connectivity index (χ3v) is 7.62. The Morgan fingerprint density at radius 2 is 1.68 bits per heavy atom. The number of hydrogen-bond acceptors (Lipinski definition) is 3. The second-order valence-corrected chi connectivity index (χ2v) is 11.0. The first-order chi connectivity index (χ1) is 19.2. The van der Waals surface area contributed by atoms with Crippen molar-refractivity contribution in [3.63, 3.8) is 0 Å². The van der Waals surface area contributed by atoms with E-state index in [0.717, 1.165) is 10.0 Å². The standard InChI is InChI=1S/C31H25BrClFN4O2/c1-37(18-20-8-12-26(33)13-9-20)28(39)22-5-2-4-21(16-22)19-38-29(40)31(36-30(38)35,23-10-14-27(34)15-11-23)24-6-3-7-25(32)17-24/h2-17H,18-19H2,1H3,(H2,35,36). The fourth-order valence-corrected chi connectivity index (χ4v) is 5.40. The molecule has 4 aromatic carbocycles. The van der Waals surface area contributed by atoms with Gasteiger partial charge in [-0.2, -0.15) is 0 Å². The number of nitrogens with one attached hydrogen (secondary N) is 2. The van der Waals surface area contributed by atoms with Gasteiger partial charge in [-0.1, -0.05) is 76.1 Å². The van der Waals surface area contributed by atoms with E-state index < -0.39 is 11.4 Å². The van der Waals surface area contributed by atoms with Crippen molar-refractivity contribution < 1.29 is 14.0 Å². The van der Waals surface area contributed by atoms with E-state index in [9.17, 15) is 14.0 Å². The van der Waals surface area contributed by atoms with Crippen LogP contribution in [-0.4, -0.2) is 34.6 Å². The van der Waals surface area contributed by atoms with Crippen LogP contribution < -0.4 is 5.32 Å². The van der Waals surface area contributed by atoms with Crippen LogP contribution in [0.2, 0.25) is 5.02 Å². The van der Waals surface area contributed by atoms with Gasteiger partial charge in [0, 0.05) is 28.7 Å². The van der Waals surface area contributed by atoms with Crippen LogP contribution in [0.15, 0.2) is 102 Å². The van der Waals surface area contributed by atoms with Gasteiger partial charge in [0.2, 0.25) is 0 Å². The summed E-state index contributed by atoms with van der Waals surface area (Å²) in [6.07, 6.45) is 0. The highest BCUT2D eigenvalue weighted by atomic mass is 79.9. The van der Waals surface area contributed by atoms with Gasteiger partial charge in [-0.05, 0) is 70.8 Å². The summed E-state index contributed by atoms with van der Waals surface area (Å²) in [5, 5.41) is 12.4. The lowest BCUT2D eigenvalue weighted by molar-refractivity contribution is -0.130. The maximum atomic E-state index is 14.1. The minimum absolute atomic E-state index is 0.0730. The molecule has 0 aliphatic carbocycles. The topological polar surface area (TPSA) is 76.5 Å². The number of halogens is 3. The van der Waals surface area contributed by atoms with Gasteiger partial charge in [-0.15, -0.1) is 0 Å². The molecule has 2 N–H and O–H groups in total. The molecule has 9 heteroatoms. The van der Waals surface area contributed by atoms with Crippen LogP contribution in [0.3, 0.4) is 0 Å². The zero-order valence-corrected chi connectivity index (χ0v) is 23.8. The van der Waals surface area contributed by atoms with Crippen LogP contribution in [0.4, 0.5) is 4.39 Å². The molecule has 0 spiro atoms. The number of rotatable bonds is 7. The summed E-state index contributed by atoms with van der Waals surface area (Å²) in [6.45, 7) is 0.482. The predicted molar refractivity (Wildman–Crippen MR) is 156 cm³/mol. The van der Waals surface area contributed by atoms with Crippen LogP contribution in [0.25, 0.3) is 0 Å². The fraction of sp³-hybridized carbons (Fsp3) is 0.129. The molecule has 1 heterocycles. The molecule has 1 saturated heterocycles. The minimum atomic E-state index is -1.42. The number of amides is 2. The van der Waals surface area contributed by atoms with Gasteiger partial charge in [0.05, 0.1) is 6.54 Å². The Kier molecular flexibility index (Phi) is 7.74. The highest BCUT2D eigenvalue weighted by Crippen LogP contribution is 2.37. The molecule has 1 atom stereocenters. The van der Waals surface area contributed by atoms with E-state index in [4.69, 9.17) is 17.0 Å². The third-order valence-electron chi connectivity index (χ3n) is 6.87. The third kappa shape index (κ3) is 5.37. The van der Waals surface area contributed by atoms with E-state index in [1.54, 1.807) is 66.5 Å². The number of guanidine groups is 1. The highest BCUT2D eigenvalue weighted by molar-refractivity contribution is 9.10. The first-order valence-corrected chi connectivity index (χ1v) is 13.6. The van der Waals surface area contributed by atoms with Gasteiger partial charge in [0.25, 0.3) is 11.8 Å². The summed E-state index contributed by atoms with van der Waals surface area (Å²) in [4.78, 5) is 30.3. The van der Waals surface area contributed by atoms with Crippen LogP contribution in [0.5, 0.6) is 0 Å². The molecule has 4 aromatic rings. The number of benzene rings is 4. The first kappa shape index (κ1) is 27.6. The summed E-state index contributed by atoms with van der Waals surface area (Å²) in [6, 6.07) is 27.3. The second-order valence-electron chi connectivity index (χ2n) is 9.62. The quantitative estimate of drug-likeness (QED) is 0.254. The van der Waals surface area contributed by atoms with E-state index >= 15 is 0 Å². The molecule has 0 radical (unpaired) electrons. The highest BCUT2D eigenvalue weighted by Gasteiger charge is 2.52. The van der Waals surface area contributed by atoms with Crippen molar-refractivity contribution in [3.05, 3.63) is 140 Å². The molecule has 1 aliphatic heterocycles. The van der Waals surface area contributed by atoms with Gasteiger partial charge < -0.3 is 10.2 Å². The zero-order chi connectivity index (χ0) is 28.4. The fourth-order valence-electron chi connectivity index (χ4n) is 4.87. The maximum Gasteiger partial charge on any atom is 0.264 e. The van der Waals surface area contributed by atoms with E-state index in [-0.39, 0.29) is 24.3 Å². The number of carbonyl (C=O) groups excluding carboxylic acids is 2. The molecule has 1 fully saturated rings. The second kappa shape index (κ2) is 11.2. The van der Waals surface area contributed by atoms with Crippen molar-refractivity contribution in [2.75, 3.05) is 7.05 Å². The average molecular weight is 620 g/mol. The average Bonchev–Trinajstić information content (AvgIpc) is 3.20. The van der Waals surface area contributed by atoms with Crippen molar-refractivity contribution in [1.29, 1.82) is 5.41 Å². The molecule has 1 aliphatic rings. The summed E-state index contributed by atoms with van der Waals surface area (Å²) in [7, 11) is 1.72. The lowest BCUT2D eigenvalue weighted by Crippen LogP contribution is -2.45. The molecule has 202 valence electrons. The smallest absolute Gasteiger partial charge is 0.264 e.